The molecule has 6 heteroatoms. The minimum Gasteiger partial charge on any atom is -0.495 e. The molecular weight excluding hydrogens is 258 g/mol. The van der Waals surface area contributed by atoms with Crippen LogP contribution in [-0.4, -0.2) is 25.0 Å². The second-order valence-corrected chi connectivity index (χ2v) is 4.53. The summed E-state index contributed by atoms with van der Waals surface area (Å²) in [7, 11) is 1.51. The summed E-state index contributed by atoms with van der Waals surface area (Å²) in [6, 6.07) is 6.96. The van der Waals surface area contributed by atoms with Crippen molar-refractivity contribution in [2.24, 2.45) is 0 Å². The van der Waals surface area contributed by atoms with Crippen LogP contribution in [0.15, 0.2) is 18.2 Å². The Bertz CT molecular complexity index is 578. The molecule has 1 aliphatic rings. The van der Waals surface area contributed by atoms with E-state index in [0.29, 0.717) is 30.7 Å². The molecule has 2 N–H and O–H groups in total. The van der Waals surface area contributed by atoms with E-state index in [9.17, 15) is 9.59 Å². The largest absolute Gasteiger partial charge is 0.495 e. The molecular formula is C14H15N3O3. The van der Waals surface area contributed by atoms with Crippen LogP contribution in [0.5, 0.6) is 5.75 Å². The van der Waals surface area contributed by atoms with E-state index in [1.807, 2.05) is 6.07 Å². The van der Waals surface area contributed by atoms with Crippen molar-refractivity contribution in [1.29, 1.82) is 5.26 Å². The zero-order chi connectivity index (χ0) is 14.5. The predicted octanol–water partition coefficient (Wildman–Crippen LogP) is 0.462. The smallest absolute Gasteiger partial charge is 0.243 e. The predicted molar refractivity (Wildman–Crippen MR) is 70.7 cm³/mol. The SMILES string of the molecule is COc1ccc(CNC2CCC(=O)NC2=O)cc1C#N. The van der Waals surface area contributed by atoms with Gasteiger partial charge in [-0.15, -0.1) is 0 Å². The van der Waals surface area contributed by atoms with Gasteiger partial charge in [0.1, 0.15) is 11.8 Å². The van der Waals surface area contributed by atoms with E-state index >= 15 is 0 Å². The van der Waals surface area contributed by atoms with Crippen molar-refractivity contribution in [1.82, 2.24) is 10.6 Å². The molecule has 1 heterocycles. The van der Waals surface area contributed by atoms with E-state index in [-0.39, 0.29) is 17.9 Å². The summed E-state index contributed by atoms with van der Waals surface area (Å²) in [4.78, 5) is 22.6. The Morgan fingerprint density at radius 3 is 2.95 bits per heavy atom. The Morgan fingerprint density at radius 2 is 2.30 bits per heavy atom. The summed E-state index contributed by atoms with van der Waals surface area (Å²) in [5.41, 5.74) is 1.34. The fourth-order valence-corrected chi connectivity index (χ4v) is 2.08. The highest BCUT2D eigenvalue weighted by Gasteiger charge is 2.25. The zero-order valence-corrected chi connectivity index (χ0v) is 11.1. The highest BCUT2D eigenvalue weighted by atomic mass is 16.5. The van der Waals surface area contributed by atoms with Gasteiger partial charge in [0.05, 0.1) is 18.7 Å². The number of nitrogens with one attached hydrogen (secondary N) is 2. The number of rotatable bonds is 4. The molecule has 1 aliphatic heterocycles. The van der Waals surface area contributed by atoms with Crippen LogP contribution in [-0.2, 0) is 16.1 Å². The number of methoxy groups -OCH3 is 1. The molecule has 1 unspecified atom stereocenters. The molecule has 1 atom stereocenters. The van der Waals surface area contributed by atoms with Gasteiger partial charge in [-0.1, -0.05) is 6.07 Å². The summed E-state index contributed by atoms with van der Waals surface area (Å²) in [5, 5.41) is 14.4. The lowest BCUT2D eigenvalue weighted by Crippen LogP contribution is -2.50. The summed E-state index contributed by atoms with van der Waals surface area (Å²) in [6.07, 6.45) is 0.835. The number of carbonyl (C=O) groups is 2. The van der Waals surface area contributed by atoms with E-state index in [0.717, 1.165) is 5.56 Å². The van der Waals surface area contributed by atoms with E-state index in [4.69, 9.17) is 10.00 Å². The van der Waals surface area contributed by atoms with Gasteiger partial charge < -0.3 is 10.1 Å². The van der Waals surface area contributed by atoms with Crippen molar-refractivity contribution in [3.05, 3.63) is 29.3 Å². The lowest BCUT2D eigenvalue weighted by molar-refractivity contribution is -0.134. The molecule has 1 aromatic carbocycles. The fraction of sp³-hybridized carbons (Fsp3) is 0.357. The van der Waals surface area contributed by atoms with Crippen molar-refractivity contribution in [3.63, 3.8) is 0 Å². The van der Waals surface area contributed by atoms with E-state index < -0.39 is 0 Å². The zero-order valence-electron chi connectivity index (χ0n) is 11.1. The minimum atomic E-state index is -0.375. The van der Waals surface area contributed by atoms with Crippen molar-refractivity contribution in [3.8, 4) is 11.8 Å². The Balaban J connectivity index is 1.99. The standard InChI is InChI=1S/C14H15N3O3/c1-20-12-4-2-9(6-10(12)7-15)8-16-11-3-5-13(18)17-14(11)19/h2,4,6,11,16H,3,5,8H2,1H3,(H,17,18,19). The molecule has 0 aliphatic carbocycles. The number of nitrogens with zero attached hydrogens (tertiary/aromatic N) is 1. The van der Waals surface area contributed by atoms with Gasteiger partial charge in [-0.2, -0.15) is 5.26 Å². The number of carbonyl (C=O) groups excluding carboxylic acids is 2. The molecule has 0 saturated carbocycles. The lowest BCUT2D eigenvalue weighted by Gasteiger charge is -2.22. The van der Waals surface area contributed by atoms with Gasteiger partial charge in [-0.05, 0) is 24.1 Å². The fourth-order valence-electron chi connectivity index (χ4n) is 2.08. The molecule has 2 rings (SSSR count). The maximum Gasteiger partial charge on any atom is 0.243 e. The summed E-state index contributed by atoms with van der Waals surface area (Å²) >= 11 is 0. The van der Waals surface area contributed by atoms with Crippen molar-refractivity contribution >= 4 is 11.8 Å². The van der Waals surface area contributed by atoms with Gasteiger partial charge >= 0.3 is 0 Å². The molecule has 20 heavy (non-hydrogen) atoms. The first kappa shape index (κ1) is 14.0. The minimum absolute atomic E-state index is 0.232. The maximum absolute atomic E-state index is 11.6. The third-order valence-electron chi connectivity index (χ3n) is 3.18. The Morgan fingerprint density at radius 1 is 1.50 bits per heavy atom. The maximum atomic E-state index is 11.6. The van der Waals surface area contributed by atoms with Crippen molar-refractivity contribution in [2.75, 3.05) is 7.11 Å². The number of benzene rings is 1. The van der Waals surface area contributed by atoms with Gasteiger partial charge in [0, 0.05) is 13.0 Å². The van der Waals surface area contributed by atoms with Gasteiger partial charge in [-0.3, -0.25) is 14.9 Å². The van der Waals surface area contributed by atoms with Crippen LogP contribution < -0.4 is 15.4 Å². The molecule has 0 spiro atoms. The van der Waals surface area contributed by atoms with Crippen LogP contribution in [0.25, 0.3) is 0 Å². The average Bonchev–Trinajstić information content (AvgIpc) is 2.46. The summed E-state index contributed by atoms with van der Waals surface area (Å²) < 4.78 is 5.07. The highest BCUT2D eigenvalue weighted by molar-refractivity contribution is 6.00. The highest BCUT2D eigenvalue weighted by Crippen LogP contribution is 2.19. The first-order valence-corrected chi connectivity index (χ1v) is 6.28. The number of piperidine rings is 1. The third kappa shape index (κ3) is 3.13. The van der Waals surface area contributed by atoms with E-state index in [1.54, 1.807) is 12.1 Å². The number of amides is 2. The van der Waals surface area contributed by atoms with E-state index in [1.165, 1.54) is 7.11 Å². The summed E-state index contributed by atoms with van der Waals surface area (Å²) in [5.74, 6) is -0.00297. The molecule has 0 bridgehead atoms. The summed E-state index contributed by atoms with van der Waals surface area (Å²) in [6.45, 7) is 0.449. The van der Waals surface area contributed by atoms with Crippen molar-refractivity contribution < 1.29 is 14.3 Å². The second kappa shape index (κ2) is 6.17. The van der Waals surface area contributed by atoms with E-state index in [2.05, 4.69) is 16.7 Å². The van der Waals surface area contributed by atoms with Crippen molar-refractivity contribution in [2.45, 2.75) is 25.4 Å². The molecule has 6 nitrogen and oxygen atoms in total. The van der Waals surface area contributed by atoms with Crippen LogP contribution in [0.4, 0.5) is 0 Å². The molecule has 1 fully saturated rings. The molecule has 104 valence electrons. The lowest BCUT2D eigenvalue weighted by atomic mass is 10.1. The van der Waals surface area contributed by atoms with Gasteiger partial charge in [0.15, 0.2) is 0 Å². The second-order valence-electron chi connectivity index (χ2n) is 4.53. The molecule has 0 radical (unpaired) electrons. The van der Waals surface area contributed by atoms with Crippen LogP contribution in [0.2, 0.25) is 0 Å². The average molecular weight is 273 g/mol. The Labute approximate surface area is 116 Å². The quantitative estimate of drug-likeness (QED) is 0.778. The molecule has 2 amide bonds. The number of nitriles is 1. The molecule has 0 aromatic heterocycles. The number of imide groups is 1. The monoisotopic (exact) mass is 273 g/mol. The number of hydrogen-bond acceptors (Lipinski definition) is 5. The Hall–Kier alpha value is -2.39. The van der Waals surface area contributed by atoms with Crippen LogP contribution in [0.3, 0.4) is 0 Å². The van der Waals surface area contributed by atoms with Crippen LogP contribution >= 0.6 is 0 Å². The molecule has 1 aromatic rings. The van der Waals surface area contributed by atoms with Crippen LogP contribution in [0.1, 0.15) is 24.0 Å². The topological polar surface area (TPSA) is 91.2 Å². The van der Waals surface area contributed by atoms with Gasteiger partial charge in [0.2, 0.25) is 11.8 Å². The Kier molecular flexibility index (Phi) is 4.33. The first-order chi connectivity index (χ1) is 9.63. The van der Waals surface area contributed by atoms with Gasteiger partial charge in [0.25, 0.3) is 0 Å². The number of ether oxygens (including phenoxy) is 1. The first-order valence-electron chi connectivity index (χ1n) is 6.28. The molecule has 1 saturated heterocycles. The number of hydrogen-bond donors (Lipinski definition) is 2. The van der Waals surface area contributed by atoms with Gasteiger partial charge in [-0.25, -0.2) is 0 Å². The normalized spacial score (nSPS) is 18.3. The third-order valence-corrected chi connectivity index (χ3v) is 3.18. The van der Waals surface area contributed by atoms with Crippen LogP contribution in [0, 0.1) is 11.3 Å².